The van der Waals surface area contributed by atoms with E-state index in [1.807, 2.05) is 13.8 Å². The predicted molar refractivity (Wildman–Crippen MR) is 37.0 cm³/mol. The molecule has 0 aromatic carbocycles. The van der Waals surface area contributed by atoms with Gasteiger partial charge >= 0.3 is 23.1 Å². The molecule has 0 radical (unpaired) electrons. The Morgan fingerprint density at radius 2 is 1.00 bits per heavy atom. The van der Waals surface area contributed by atoms with Gasteiger partial charge in [0.15, 0.2) is 0 Å². The van der Waals surface area contributed by atoms with E-state index in [-0.39, 0.29) is 23.1 Å². The zero-order valence-corrected chi connectivity index (χ0v) is 6.95. The Balaban J connectivity index is -0.0000000400. The fourth-order valence-electron chi connectivity index (χ4n) is 0. The average Bonchev–Trinajstić information content (AvgIpc) is 1.39. The van der Waals surface area contributed by atoms with E-state index in [9.17, 15) is 0 Å². The maximum atomic E-state index is 3.49. The first kappa shape index (κ1) is 15.7. The molecule has 0 atom stereocenters. The van der Waals surface area contributed by atoms with Gasteiger partial charge in [0.05, 0.1) is 0 Å². The maximum absolute atomic E-state index is 3.49. The smallest absolute Gasteiger partial charge is 0.344 e. The van der Waals surface area contributed by atoms with Crippen LogP contribution >= 0.6 is 0 Å². The minimum atomic E-state index is 0. The normalized spacial score (nSPS) is 5.14. The third-order valence-electron chi connectivity index (χ3n) is 0. The second-order valence-electron chi connectivity index (χ2n) is 1.000. The molecule has 0 aromatic rings. The van der Waals surface area contributed by atoms with Gasteiger partial charge in [-0.25, -0.2) is 0 Å². The van der Waals surface area contributed by atoms with Crippen molar-refractivity contribution in [3.63, 3.8) is 0 Å². The zero-order chi connectivity index (χ0) is 5.41. The molecule has 0 unspecified atom stereocenters. The molecule has 7 heavy (non-hydrogen) atoms. The Bertz CT molecular complexity index is 6.14. The summed E-state index contributed by atoms with van der Waals surface area (Å²) in [5.41, 5.74) is 0. The predicted octanol–water partition coefficient (Wildman–Crippen LogP) is 2.08. The molecular weight excluding hydrogens is 96.4 g/mol. The van der Waals surface area contributed by atoms with Crippen LogP contribution in [0.2, 0.25) is 0 Å². The van der Waals surface area contributed by atoms with Crippen molar-refractivity contribution in [1.82, 2.24) is 0 Å². The Hall–Kier alpha value is 0.766. The van der Waals surface area contributed by atoms with Gasteiger partial charge in [-0.05, 0) is 0 Å². The summed E-state index contributed by atoms with van der Waals surface area (Å²) in [6.45, 7) is 11.0. The van der Waals surface area contributed by atoms with Crippen molar-refractivity contribution in [2.45, 2.75) is 26.7 Å². The van der Waals surface area contributed by atoms with Crippen LogP contribution in [-0.2, 0) is 0 Å². The topological polar surface area (TPSA) is 0 Å². The van der Waals surface area contributed by atoms with Crippen molar-refractivity contribution in [3.8, 4) is 0 Å². The van der Waals surface area contributed by atoms with Crippen molar-refractivity contribution in [2.75, 3.05) is 0 Å². The van der Waals surface area contributed by atoms with Crippen molar-refractivity contribution in [1.29, 1.82) is 0 Å². The first-order valence-electron chi connectivity index (χ1n) is 2.41. The molecule has 1 heteroatoms. The molecule has 0 nitrogen and oxygen atoms in total. The minimum Gasteiger partial charge on any atom is -0.344 e. The molecule has 0 aliphatic carbocycles. The van der Waals surface area contributed by atoms with Gasteiger partial charge in [-0.1, -0.05) is 13.8 Å². The summed E-state index contributed by atoms with van der Waals surface area (Å²) in [6.07, 6.45) is 2.00. The number of rotatable bonds is 0. The SMILES string of the molecule is [CH2-]CC.[CH2-]CC.[Mg+2]. The van der Waals surface area contributed by atoms with Crippen LogP contribution in [0.5, 0.6) is 0 Å². The standard InChI is InChI=1S/2C3H7.Mg/c2*1-3-2;/h2*1,3H2,2H3;/q2*-1;+2. The molecule has 0 fully saturated rings. The third-order valence-corrected chi connectivity index (χ3v) is 0. The van der Waals surface area contributed by atoms with Gasteiger partial charge in [0.2, 0.25) is 0 Å². The van der Waals surface area contributed by atoms with Gasteiger partial charge in [0.25, 0.3) is 0 Å². The van der Waals surface area contributed by atoms with Gasteiger partial charge in [-0.2, -0.15) is 12.8 Å². The maximum Gasteiger partial charge on any atom is 2.00 e. The fourth-order valence-corrected chi connectivity index (χ4v) is 0. The quantitative estimate of drug-likeness (QED) is 0.331. The molecule has 0 N–H and O–H groups in total. The Labute approximate surface area is 63.8 Å². The molecule has 0 saturated carbocycles. The van der Waals surface area contributed by atoms with Gasteiger partial charge in [-0.3, -0.25) is 0 Å². The van der Waals surface area contributed by atoms with Crippen molar-refractivity contribution in [2.24, 2.45) is 0 Å². The molecule has 0 aliphatic heterocycles. The fraction of sp³-hybridized carbons (Fsp3) is 0.667. The van der Waals surface area contributed by atoms with E-state index in [0.29, 0.717) is 0 Å². The monoisotopic (exact) mass is 110 g/mol. The van der Waals surface area contributed by atoms with E-state index < -0.39 is 0 Å². The number of hydrogen-bond acceptors (Lipinski definition) is 0. The van der Waals surface area contributed by atoms with Gasteiger partial charge in [-0.15, -0.1) is 0 Å². The van der Waals surface area contributed by atoms with Gasteiger partial charge in [0, 0.05) is 0 Å². The first-order chi connectivity index (χ1) is 2.83. The van der Waals surface area contributed by atoms with E-state index in [0.717, 1.165) is 12.8 Å². The average molecular weight is 110 g/mol. The largest absolute Gasteiger partial charge is 2.00 e. The molecule has 0 heterocycles. The van der Waals surface area contributed by atoms with Gasteiger partial charge in [0.1, 0.15) is 0 Å². The van der Waals surface area contributed by atoms with Crippen LogP contribution < -0.4 is 0 Å². The molecule has 0 saturated heterocycles. The van der Waals surface area contributed by atoms with Crippen LogP contribution in [0.15, 0.2) is 0 Å². The molecule has 0 bridgehead atoms. The minimum absolute atomic E-state index is 0. The summed E-state index contributed by atoms with van der Waals surface area (Å²) in [4.78, 5) is 0. The molecule has 0 aliphatic rings. The summed E-state index contributed by atoms with van der Waals surface area (Å²) in [7, 11) is 0. The van der Waals surface area contributed by atoms with E-state index in [4.69, 9.17) is 0 Å². The van der Waals surface area contributed by atoms with Crippen LogP contribution in [0.25, 0.3) is 0 Å². The molecule has 0 spiro atoms. The number of hydrogen-bond donors (Lipinski definition) is 0. The third kappa shape index (κ3) is 262. The summed E-state index contributed by atoms with van der Waals surface area (Å²) in [5.74, 6) is 0. The van der Waals surface area contributed by atoms with Crippen LogP contribution in [0.1, 0.15) is 26.7 Å². The first-order valence-corrected chi connectivity index (χ1v) is 2.41. The Kier molecular flexibility index (Phi) is 65.7. The van der Waals surface area contributed by atoms with Crippen molar-refractivity contribution < 1.29 is 0 Å². The van der Waals surface area contributed by atoms with E-state index in [1.54, 1.807) is 0 Å². The van der Waals surface area contributed by atoms with Crippen LogP contribution in [0, 0.1) is 13.8 Å². The molecule has 0 amide bonds. The van der Waals surface area contributed by atoms with E-state index in [1.165, 1.54) is 0 Å². The second-order valence-corrected chi connectivity index (χ2v) is 1.000. The second kappa shape index (κ2) is 29.4. The van der Waals surface area contributed by atoms with Crippen LogP contribution in [0.3, 0.4) is 0 Å². The van der Waals surface area contributed by atoms with E-state index in [2.05, 4.69) is 13.8 Å². The Morgan fingerprint density at radius 3 is 1.00 bits per heavy atom. The molecule has 0 aromatic heterocycles. The molecule has 0 rings (SSSR count). The van der Waals surface area contributed by atoms with E-state index >= 15 is 0 Å². The summed E-state index contributed by atoms with van der Waals surface area (Å²) >= 11 is 0. The summed E-state index contributed by atoms with van der Waals surface area (Å²) in [5, 5.41) is 0. The van der Waals surface area contributed by atoms with Gasteiger partial charge < -0.3 is 13.8 Å². The molecule has 40 valence electrons. The summed E-state index contributed by atoms with van der Waals surface area (Å²) < 4.78 is 0. The van der Waals surface area contributed by atoms with Crippen LogP contribution in [0.4, 0.5) is 0 Å². The van der Waals surface area contributed by atoms with Crippen molar-refractivity contribution in [3.05, 3.63) is 13.8 Å². The Morgan fingerprint density at radius 1 is 1.00 bits per heavy atom. The molecular formula is C6H14Mg. The zero-order valence-electron chi connectivity index (χ0n) is 5.54. The van der Waals surface area contributed by atoms with Crippen molar-refractivity contribution >= 4 is 23.1 Å². The van der Waals surface area contributed by atoms with Crippen LogP contribution in [-0.4, -0.2) is 23.1 Å². The summed E-state index contributed by atoms with van der Waals surface area (Å²) in [6, 6.07) is 0.